The van der Waals surface area contributed by atoms with Crippen molar-refractivity contribution in [2.45, 2.75) is 27.2 Å². The molecule has 0 saturated carbocycles. The second-order valence-electron chi connectivity index (χ2n) is 2.83. The molecule has 1 heterocycles. The summed E-state index contributed by atoms with van der Waals surface area (Å²) in [6.07, 6.45) is 2.34. The first-order valence-electron chi connectivity index (χ1n) is 4.19. The highest BCUT2D eigenvalue weighted by atomic mass is 19.1. The lowest BCUT2D eigenvalue weighted by Crippen LogP contribution is -2.23. The number of nitrogens with one attached hydrogen (secondary N) is 1. The van der Waals surface area contributed by atoms with E-state index in [2.05, 4.69) is 4.98 Å². The Kier molecular flexibility index (Phi) is 2.69. The summed E-state index contributed by atoms with van der Waals surface area (Å²) in [5.74, 6) is -0.0487. The van der Waals surface area contributed by atoms with Gasteiger partial charge < -0.3 is 4.98 Å². The number of hydrogen-bond acceptors (Lipinski definition) is 0. The number of rotatable bonds is 1. The molecule has 1 N–H and O–H groups in total. The van der Waals surface area contributed by atoms with Gasteiger partial charge in [0.05, 0.1) is 0 Å². The van der Waals surface area contributed by atoms with Crippen molar-refractivity contribution in [2.24, 2.45) is 0 Å². The topological polar surface area (TPSA) is 15.8 Å². The standard InChI is InChI=1S/C10H14FN/c1-4-9(11)8-6-7(3)12-10(8)5-2/h5-6,12H,4H2,1-3H3/b9-8+,10-5+. The number of aryl methyl sites for hydroxylation is 1. The van der Waals surface area contributed by atoms with Crippen molar-refractivity contribution in [1.82, 2.24) is 4.98 Å². The third-order valence-electron chi connectivity index (χ3n) is 1.87. The molecular weight excluding hydrogens is 153 g/mol. The number of halogens is 1. The zero-order valence-corrected chi connectivity index (χ0v) is 7.74. The summed E-state index contributed by atoms with van der Waals surface area (Å²) in [6.45, 7) is 5.65. The minimum atomic E-state index is -0.0487. The second-order valence-corrected chi connectivity index (χ2v) is 2.83. The zero-order valence-electron chi connectivity index (χ0n) is 7.74. The van der Waals surface area contributed by atoms with Crippen LogP contribution in [0.5, 0.6) is 0 Å². The first kappa shape index (κ1) is 9.04. The largest absolute Gasteiger partial charge is 0.359 e. The smallest absolute Gasteiger partial charge is 0.109 e. The van der Waals surface area contributed by atoms with Gasteiger partial charge >= 0.3 is 0 Å². The molecule has 1 aromatic rings. The first-order valence-corrected chi connectivity index (χ1v) is 4.19. The Morgan fingerprint density at radius 1 is 1.67 bits per heavy atom. The second kappa shape index (κ2) is 3.57. The molecule has 0 aliphatic heterocycles. The number of hydrogen-bond donors (Lipinski definition) is 1. The van der Waals surface area contributed by atoms with E-state index in [4.69, 9.17) is 0 Å². The fourth-order valence-electron chi connectivity index (χ4n) is 1.25. The van der Waals surface area contributed by atoms with E-state index >= 15 is 0 Å². The van der Waals surface area contributed by atoms with Gasteiger partial charge in [-0.2, -0.15) is 0 Å². The summed E-state index contributed by atoms with van der Waals surface area (Å²) in [5.41, 5.74) is 1.00. The molecule has 0 unspecified atom stereocenters. The average Bonchev–Trinajstić information content (AvgIpc) is 2.45. The van der Waals surface area contributed by atoms with Crippen molar-refractivity contribution in [1.29, 1.82) is 0 Å². The molecular formula is C10H14FN. The Balaban J connectivity index is 3.53. The van der Waals surface area contributed by atoms with Gasteiger partial charge in [-0.25, -0.2) is 4.39 Å². The van der Waals surface area contributed by atoms with E-state index in [0.29, 0.717) is 11.6 Å². The van der Waals surface area contributed by atoms with Crippen LogP contribution in [0.4, 0.5) is 4.39 Å². The maximum atomic E-state index is 13.2. The van der Waals surface area contributed by atoms with Crippen molar-refractivity contribution in [3.8, 4) is 0 Å². The number of aromatic nitrogens is 1. The fourth-order valence-corrected chi connectivity index (χ4v) is 1.25. The molecule has 1 rings (SSSR count). The molecule has 0 aliphatic rings. The molecule has 0 amide bonds. The van der Waals surface area contributed by atoms with Gasteiger partial charge in [-0.3, -0.25) is 0 Å². The van der Waals surface area contributed by atoms with Gasteiger partial charge in [-0.05, 0) is 26.3 Å². The van der Waals surface area contributed by atoms with Crippen molar-refractivity contribution < 1.29 is 4.39 Å². The highest BCUT2D eigenvalue weighted by Gasteiger charge is 1.96. The molecule has 0 radical (unpaired) electrons. The summed E-state index contributed by atoms with van der Waals surface area (Å²) in [4.78, 5) is 3.09. The lowest BCUT2D eigenvalue weighted by atomic mass is 10.3. The van der Waals surface area contributed by atoms with Crippen molar-refractivity contribution in [3.63, 3.8) is 0 Å². The summed E-state index contributed by atoms with van der Waals surface area (Å²) >= 11 is 0. The quantitative estimate of drug-likeness (QED) is 0.654. The zero-order chi connectivity index (χ0) is 9.14. The molecule has 1 nitrogen and oxygen atoms in total. The molecule has 0 atom stereocenters. The van der Waals surface area contributed by atoms with Crippen molar-refractivity contribution in [3.05, 3.63) is 22.3 Å². The predicted octanol–water partition coefficient (Wildman–Crippen LogP) is 1.61. The third-order valence-corrected chi connectivity index (χ3v) is 1.87. The fraction of sp³-hybridized carbons (Fsp3) is 0.400. The van der Waals surface area contributed by atoms with E-state index in [1.807, 2.05) is 32.9 Å². The molecule has 12 heavy (non-hydrogen) atoms. The van der Waals surface area contributed by atoms with E-state index in [1.54, 1.807) is 0 Å². The Bertz CT molecular complexity index is 373. The summed E-state index contributed by atoms with van der Waals surface area (Å²) in [7, 11) is 0. The molecule has 0 aliphatic carbocycles. The minimum Gasteiger partial charge on any atom is -0.359 e. The Labute approximate surface area is 71.6 Å². The molecule has 66 valence electrons. The van der Waals surface area contributed by atoms with E-state index < -0.39 is 0 Å². The van der Waals surface area contributed by atoms with Gasteiger partial charge in [0.2, 0.25) is 0 Å². The normalized spacial score (nSPS) is 15.2. The first-order chi connectivity index (χ1) is 5.69. The van der Waals surface area contributed by atoms with Gasteiger partial charge in [0, 0.05) is 16.3 Å². The van der Waals surface area contributed by atoms with Crippen LogP contribution in [0.2, 0.25) is 0 Å². The molecule has 0 bridgehead atoms. The molecule has 1 aromatic heterocycles. The van der Waals surface area contributed by atoms with E-state index in [9.17, 15) is 4.39 Å². The molecule has 0 aromatic carbocycles. The van der Waals surface area contributed by atoms with Crippen LogP contribution >= 0.6 is 0 Å². The molecule has 2 heteroatoms. The van der Waals surface area contributed by atoms with E-state index in [0.717, 1.165) is 11.0 Å². The predicted molar refractivity (Wildman–Crippen MR) is 49.7 cm³/mol. The van der Waals surface area contributed by atoms with Crippen LogP contribution in [-0.4, -0.2) is 4.98 Å². The van der Waals surface area contributed by atoms with Crippen molar-refractivity contribution >= 4 is 11.9 Å². The van der Waals surface area contributed by atoms with Gasteiger partial charge in [0.15, 0.2) is 0 Å². The van der Waals surface area contributed by atoms with Crippen LogP contribution in [-0.2, 0) is 0 Å². The summed E-state index contributed by atoms with van der Waals surface area (Å²) in [5, 5.41) is 1.59. The van der Waals surface area contributed by atoms with Crippen LogP contribution in [0.15, 0.2) is 6.07 Å². The molecule has 0 saturated heterocycles. The number of aromatic amines is 1. The van der Waals surface area contributed by atoms with Crippen LogP contribution < -0.4 is 10.6 Å². The molecule has 0 spiro atoms. The summed E-state index contributed by atoms with van der Waals surface area (Å²) < 4.78 is 13.2. The third kappa shape index (κ3) is 1.58. The number of H-pyrrole nitrogens is 1. The Hall–Kier alpha value is -1.05. The van der Waals surface area contributed by atoms with Crippen LogP contribution in [0.1, 0.15) is 26.0 Å². The average molecular weight is 167 g/mol. The highest BCUT2D eigenvalue weighted by Crippen LogP contribution is 1.98. The van der Waals surface area contributed by atoms with E-state index in [-0.39, 0.29) is 5.83 Å². The van der Waals surface area contributed by atoms with Crippen LogP contribution in [0, 0.1) is 6.92 Å². The molecule has 0 fully saturated rings. The lowest BCUT2D eigenvalue weighted by molar-refractivity contribution is 0.710. The lowest BCUT2D eigenvalue weighted by Gasteiger charge is -1.85. The minimum absolute atomic E-state index is 0.0487. The van der Waals surface area contributed by atoms with Crippen molar-refractivity contribution in [2.75, 3.05) is 0 Å². The van der Waals surface area contributed by atoms with Gasteiger partial charge in [-0.15, -0.1) is 0 Å². The van der Waals surface area contributed by atoms with Crippen LogP contribution in [0.3, 0.4) is 0 Å². The van der Waals surface area contributed by atoms with Crippen LogP contribution in [0.25, 0.3) is 11.9 Å². The maximum absolute atomic E-state index is 13.2. The van der Waals surface area contributed by atoms with Gasteiger partial charge in [0.1, 0.15) is 5.83 Å². The van der Waals surface area contributed by atoms with Gasteiger partial charge in [0.25, 0.3) is 0 Å². The Morgan fingerprint density at radius 2 is 2.33 bits per heavy atom. The summed E-state index contributed by atoms with van der Waals surface area (Å²) in [6, 6.07) is 1.84. The highest BCUT2D eigenvalue weighted by molar-refractivity contribution is 5.37. The maximum Gasteiger partial charge on any atom is 0.109 e. The van der Waals surface area contributed by atoms with Gasteiger partial charge in [-0.1, -0.05) is 13.0 Å². The van der Waals surface area contributed by atoms with E-state index in [1.165, 1.54) is 0 Å². The SMILES string of the molecule is C/C=c1/[nH]c(C)c/c1=C(\F)CC. The Morgan fingerprint density at radius 3 is 2.83 bits per heavy atom. The monoisotopic (exact) mass is 167 g/mol.